The fourth-order valence-electron chi connectivity index (χ4n) is 3.33. The van der Waals surface area contributed by atoms with Gasteiger partial charge in [0.25, 0.3) is 0 Å². The second-order valence-corrected chi connectivity index (χ2v) is 8.13. The Bertz CT molecular complexity index is 1100. The zero-order chi connectivity index (χ0) is 20.6. The SMILES string of the molecule is O=C(CCc1ncc(-c2ccccc2)o1)NCCSCc1cccc2ccccc12. The summed E-state index contributed by atoms with van der Waals surface area (Å²) >= 11 is 1.83. The summed E-state index contributed by atoms with van der Waals surface area (Å²) in [4.78, 5) is 16.4. The monoisotopic (exact) mass is 416 g/mol. The molecular weight excluding hydrogens is 392 g/mol. The molecule has 0 bridgehead atoms. The van der Waals surface area contributed by atoms with Crippen LogP contribution in [0.2, 0.25) is 0 Å². The lowest BCUT2D eigenvalue weighted by Gasteiger charge is -2.07. The minimum Gasteiger partial charge on any atom is -0.441 e. The van der Waals surface area contributed by atoms with E-state index in [1.807, 2.05) is 42.1 Å². The molecule has 4 nitrogen and oxygen atoms in total. The smallest absolute Gasteiger partial charge is 0.220 e. The van der Waals surface area contributed by atoms with Crippen molar-refractivity contribution in [3.63, 3.8) is 0 Å². The Hall–Kier alpha value is -3.05. The third kappa shape index (κ3) is 5.30. The van der Waals surface area contributed by atoms with Crippen molar-refractivity contribution in [2.45, 2.75) is 18.6 Å². The Morgan fingerprint density at radius 1 is 0.967 bits per heavy atom. The first kappa shape index (κ1) is 20.2. The summed E-state index contributed by atoms with van der Waals surface area (Å²) < 4.78 is 5.75. The van der Waals surface area contributed by atoms with E-state index in [0.717, 1.165) is 22.8 Å². The third-order valence-electron chi connectivity index (χ3n) is 4.88. The molecule has 0 spiro atoms. The van der Waals surface area contributed by atoms with Crippen LogP contribution < -0.4 is 5.32 Å². The fourth-order valence-corrected chi connectivity index (χ4v) is 4.20. The van der Waals surface area contributed by atoms with Crippen molar-refractivity contribution in [2.75, 3.05) is 12.3 Å². The fraction of sp³-hybridized carbons (Fsp3) is 0.200. The zero-order valence-electron chi connectivity index (χ0n) is 16.7. The summed E-state index contributed by atoms with van der Waals surface area (Å²) in [5.74, 6) is 3.17. The Morgan fingerprint density at radius 2 is 1.77 bits per heavy atom. The normalized spacial score (nSPS) is 10.9. The molecule has 0 aliphatic rings. The molecule has 0 saturated carbocycles. The van der Waals surface area contributed by atoms with E-state index in [9.17, 15) is 4.79 Å². The quantitative estimate of drug-likeness (QED) is 0.367. The highest BCUT2D eigenvalue weighted by Gasteiger charge is 2.09. The van der Waals surface area contributed by atoms with Crippen LogP contribution in [0.3, 0.4) is 0 Å². The van der Waals surface area contributed by atoms with Gasteiger partial charge in [-0.1, -0.05) is 72.8 Å². The van der Waals surface area contributed by atoms with E-state index in [1.165, 1.54) is 16.3 Å². The van der Waals surface area contributed by atoms with Crippen molar-refractivity contribution in [3.8, 4) is 11.3 Å². The zero-order valence-corrected chi connectivity index (χ0v) is 17.5. The van der Waals surface area contributed by atoms with Gasteiger partial charge in [-0.25, -0.2) is 4.98 Å². The molecule has 5 heteroatoms. The number of benzene rings is 3. The number of amides is 1. The largest absolute Gasteiger partial charge is 0.441 e. The molecule has 4 aromatic rings. The number of aryl methyl sites for hydroxylation is 1. The Kier molecular flexibility index (Phi) is 6.83. The molecule has 4 rings (SSSR count). The number of oxazole rings is 1. The second-order valence-electron chi connectivity index (χ2n) is 7.03. The molecule has 0 saturated heterocycles. The molecule has 0 atom stereocenters. The van der Waals surface area contributed by atoms with E-state index >= 15 is 0 Å². The molecule has 1 amide bonds. The molecule has 0 aliphatic heterocycles. The summed E-state index contributed by atoms with van der Waals surface area (Å²) in [5.41, 5.74) is 2.33. The molecule has 1 aromatic heterocycles. The van der Waals surface area contributed by atoms with Gasteiger partial charge in [-0.3, -0.25) is 4.79 Å². The summed E-state index contributed by atoms with van der Waals surface area (Å²) in [6, 6.07) is 24.7. The molecule has 1 heterocycles. The van der Waals surface area contributed by atoms with E-state index in [4.69, 9.17) is 4.42 Å². The van der Waals surface area contributed by atoms with Gasteiger partial charge in [-0.15, -0.1) is 0 Å². The van der Waals surface area contributed by atoms with Crippen LogP contribution >= 0.6 is 11.8 Å². The van der Waals surface area contributed by atoms with Crippen LogP contribution in [-0.2, 0) is 17.0 Å². The first-order chi connectivity index (χ1) is 14.8. The van der Waals surface area contributed by atoms with Crippen LogP contribution in [0.15, 0.2) is 83.4 Å². The first-order valence-electron chi connectivity index (χ1n) is 10.1. The van der Waals surface area contributed by atoms with Crippen molar-refractivity contribution in [2.24, 2.45) is 0 Å². The maximum Gasteiger partial charge on any atom is 0.220 e. The van der Waals surface area contributed by atoms with E-state index in [0.29, 0.717) is 25.3 Å². The number of carbonyl (C=O) groups is 1. The van der Waals surface area contributed by atoms with Crippen molar-refractivity contribution in [1.29, 1.82) is 0 Å². The van der Waals surface area contributed by atoms with Crippen molar-refractivity contribution in [1.82, 2.24) is 10.3 Å². The average Bonchev–Trinajstić information content (AvgIpc) is 3.27. The number of thioether (sulfide) groups is 1. The number of rotatable bonds is 9. The number of carbonyl (C=O) groups excluding carboxylic acids is 1. The van der Waals surface area contributed by atoms with Crippen LogP contribution in [0.4, 0.5) is 0 Å². The van der Waals surface area contributed by atoms with Gasteiger partial charge in [-0.2, -0.15) is 11.8 Å². The maximum absolute atomic E-state index is 12.1. The number of hydrogen-bond donors (Lipinski definition) is 1. The van der Waals surface area contributed by atoms with Crippen molar-refractivity contribution < 1.29 is 9.21 Å². The van der Waals surface area contributed by atoms with Gasteiger partial charge in [0.15, 0.2) is 11.7 Å². The highest BCUT2D eigenvalue weighted by atomic mass is 32.2. The maximum atomic E-state index is 12.1. The number of hydrogen-bond acceptors (Lipinski definition) is 4. The number of nitrogens with zero attached hydrogens (tertiary/aromatic N) is 1. The van der Waals surface area contributed by atoms with Gasteiger partial charge in [-0.05, 0) is 16.3 Å². The van der Waals surface area contributed by atoms with Crippen LogP contribution in [0.1, 0.15) is 17.9 Å². The molecule has 152 valence electrons. The lowest BCUT2D eigenvalue weighted by molar-refractivity contribution is -0.121. The minimum atomic E-state index is 0.0280. The number of nitrogens with one attached hydrogen (secondary N) is 1. The van der Waals surface area contributed by atoms with Crippen LogP contribution in [0.5, 0.6) is 0 Å². The van der Waals surface area contributed by atoms with E-state index in [-0.39, 0.29) is 5.91 Å². The van der Waals surface area contributed by atoms with Gasteiger partial charge in [0.2, 0.25) is 5.91 Å². The predicted molar refractivity (Wildman–Crippen MR) is 123 cm³/mol. The second kappa shape index (κ2) is 10.1. The number of aromatic nitrogens is 1. The molecule has 0 unspecified atom stereocenters. The third-order valence-corrected chi connectivity index (χ3v) is 5.89. The van der Waals surface area contributed by atoms with Gasteiger partial charge >= 0.3 is 0 Å². The van der Waals surface area contributed by atoms with Crippen LogP contribution in [0.25, 0.3) is 22.1 Å². The standard InChI is InChI=1S/C25H24N2O2S/c28-24(13-14-25-27-17-23(29-25)20-8-2-1-3-9-20)26-15-16-30-18-21-11-6-10-19-7-4-5-12-22(19)21/h1-12,17H,13-16,18H2,(H,26,28). The van der Waals surface area contributed by atoms with Crippen LogP contribution in [0, 0.1) is 0 Å². The predicted octanol–water partition coefficient (Wildman–Crippen LogP) is 5.48. The Labute approximate surface area is 180 Å². The Balaban J connectivity index is 1.16. The molecule has 0 radical (unpaired) electrons. The summed E-state index contributed by atoms with van der Waals surface area (Å²) in [6.07, 6.45) is 2.59. The Morgan fingerprint density at radius 3 is 2.67 bits per heavy atom. The first-order valence-corrected chi connectivity index (χ1v) is 11.3. The molecule has 0 fully saturated rings. The minimum absolute atomic E-state index is 0.0280. The van der Waals surface area contributed by atoms with Gasteiger partial charge in [0.05, 0.1) is 6.20 Å². The van der Waals surface area contributed by atoms with Gasteiger partial charge in [0, 0.05) is 36.5 Å². The lowest BCUT2D eigenvalue weighted by Crippen LogP contribution is -2.25. The van der Waals surface area contributed by atoms with Gasteiger partial charge in [0.1, 0.15) is 0 Å². The summed E-state index contributed by atoms with van der Waals surface area (Å²) in [5, 5.41) is 5.56. The van der Waals surface area contributed by atoms with Gasteiger partial charge < -0.3 is 9.73 Å². The lowest BCUT2D eigenvalue weighted by atomic mass is 10.1. The average molecular weight is 417 g/mol. The highest BCUT2D eigenvalue weighted by molar-refractivity contribution is 7.98. The molecular formula is C25H24N2O2S. The van der Waals surface area contributed by atoms with E-state index in [1.54, 1.807) is 6.20 Å². The molecule has 1 N–H and O–H groups in total. The highest BCUT2D eigenvalue weighted by Crippen LogP contribution is 2.22. The summed E-state index contributed by atoms with van der Waals surface area (Å²) in [7, 11) is 0. The van der Waals surface area contributed by atoms with E-state index < -0.39 is 0 Å². The molecule has 0 aliphatic carbocycles. The summed E-state index contributed by atoms with van der Waals surface area (Å²) in [6.45, 7) is 0.662. The van der Waals surface area contributed by atoms with Crippen molar-refractivity contribution in [3.05, 3.63) is 90.4 Å². The van der Waals surface area contributed by atoms with E-state index in [2.05, 4.69) is 52.8 Å². The topological polar surface area (TPSA) is 55.1 Å². The van der Waals surface area contributed by atoms with Crippen LogP contribution in [-0.4, -0.2) is 23.2 Å². The van der Waals surface area contributed by atoms with Crippen molar-refractivity contribution >= 4 is 28.4 Å². The molecule has 3 aromatic carbocycles. The number of fused-ring (bicyclic) bond motifs is 1. The molecule has 30 heavy (non-hydrogen) atoms.